The van der Waals surface area contributed by atoms with E-state index in [1.165, 1.54) is 30.3 Å². The van der Waals surface area contributed by atoms with Crippen LogP contribution in [0.4, 0.5) is 52.2 Å². The molecular weight excluding hydrogens is 608 g/mol. The second-order valence-corrected chi connectivity index (χ2v) is 9.89. The standard InChI is InChI=1S/C23H19F7N4O.C6H4ClF/c1-4-33-12(3)34(10-22(25,26)27)18-8-17(16-9-31-11(2)19(16)20(18)33)32-21(35)13-5-14(23(28,29)30)7-15(24)6-13;7-5-1-3-6(8)4-2-5/h5-8,31H,2-4,9-10H2,1H3,(H,32,35);1-4H. The number of nitrogens with zero attached hydrogens (tertiary/aromatic N) is 2. The van der Waals surface area contributed by atoms with Crippen LogP contribution in [0.15, 0.2) is 67.5 Å². The summed E-state index contributed by atoms with van der Waals surface area (Å²) in [6.45, 7) is 8.54. The highest BCUT2D eigenvalue weighted by molar-refractivity contribution is 6.30. The summed E-state index contributed by atoms with van der Waals surface area (Å²) in [4.78, 5) is 15.4. The topological polar surface area (TPSA) is 47.6 Å². The second-order valence-electron chi connectivity index (χ2n) is 9.46. The maximum absolute atomic E-state index is 13.8. The molecule has 3 aromatic carbocycles. The van der Waals surface area contributed by atoms with Crippen LogP contribution in [-0.2, 0) is 12.7 Å². The first kappa shape index (κ1) is 31.7. The monoisotopic (exact) mass is 630 g/mol. The molecule has 0 saturated carbocycles. The number of halogens is 9. The molecule has 2 aliphatic heterocycles. The largest absolute Gasteiger partial charge is 0.416 e. The van der Waals surface area contributed by atoms with E-state index in [0.29, 0.717) is 46.2 Å². The predicted molar refractivity (Wildman–Crippen MR) is 149 cm³/mol. The Bertz CT molecular complexity index is 1560. The van der Waals surface area contributed by atoms with Crippen molar-refractivity contribution >= 4 is 40.3 Å². The number of fused-ring (bicyclic) bond motifs is 3. The van der Waals surface area contributed by atoms with Gasteiger partial charge in [0.1, 0.15) is 24.0 Å². The highest BCUT2D eigenvalue weighted by Gasteiger charge is 2.41. The van der Waals surface area contributed by atoms with Crippen LogP contribution in [0.25, 0.3) is 5.70 Å². The fraction of sp³-hybridized carbons (Fsp3) is 0.207. The maximum Gasteiger partial charge on any atom is 0.416 e. The first-order chi connectivity index (χ1) is 20.0. The van der Waals surface area contributed by atoms with Crippen molar-refractivity contribution in [1.82, 2.24) is 5.32 Å². The van der Waals surface area contributed by atoms with Gasteiger partial charge in [-0.15, -0.1) is 0 Å². The van der Waals surface area contributed by atoms with Crippen molar-refractivity contribution in [3.63, 3.8) is 0 Å². The molecule has 0 radical (unpaired) electrons. The van der Waals surface area contributed by atoms with Crippen LogP contribution < -0.4 is 20.4 Å². The molecule has 0 bridgehead atoms. The normalized spacial score (nSPS) is 14.2. The van der Waals surface area contributed by atoms with Gasteiger partial charge >= 0.3 is 12.4 Å². The molecule has 0 aromatic heterocycles. The molecule has 5 nitrogen and oxygen atoms in total. The highest BCUT2D eigenvalue weighted by Crippen LogP contribution is 2.51. The number of hydrogen-bond acceptors (Lipinski definition) is 4. The predicted octanol–water partition coefficient (Wildman–Crippen LogP) is 8.33. The zero-order valence-corrected chi connectivity index (χ0v) is 23.1. The number of rotatable bonds is 4. The second kappa shape index (κ2) is 11.8. The average Bonchev–Trinajstić information content (AvgIpc) is 3.41. The van der Waals surface area contributed by atoms with Gasteiger partial charge in [-0.25, -0.2) is 8.78 Å². The molecule has 228 valence electrons. The quantitative estimate of drug-likeness (QED) is 0.285. The Morgan fingerprint density at radius 2 is 1.63 bits per heavy atom. The number of alkyl halides is 6. The van der Waals surface area contributed by atoms with E-state index in [4.69, 9.17) is 11.6 Å². The minimum atomic E-state index is -4.88. The molecule has 0 atom stereocenters. The molecule has 2 aliphatic rings. The van der Waals surface area contributed by atoms with Gasteiger partial charge in [0.05, 0.1) is 16.9 Å². The lowest BCUT2D eigenvalue weighted by Crippen LogP contribution is -2.35. The molecule has 43 heavy (non-hydrogen) atoms. The Morgan fingerprint density at radius 3 is 2.19 bits per heavy atom. The van der Waals surface area contributed by atoms with Gasteiger partial charge in [-0.05, 0) is 55.5 Å². The lowest BCUT2D eigenvalue weighted by molar-refractivity contribution is -0.137. The van der Waals surface area contributed by atoms with Gasteiger partial charge in [0.25, 0.3) is 5.91 Å². The Balaban J connectivity index is 0.000000458. The van der Waals surface area contributed by atoms with Crippen molar-refractivity contribution in [2.45, 2.75) is 25.8 Å². The van der Waals surface area contributed by atoms with E-state index in [9.17, 15) is 39.9 Å². The van der Waals surface area contributed by atoms with Crippen molar-refractivity contribution in [2.75, 3.05) is 28.2 Å². The van der Waals surface area contributed by atoms with Crippen LogP contribution in [0.3, 0.4) is 0 Å². The van der Waals surface area contributed by atoms with Crippen LogP contribution in [0.2, 0.25) is 5.02 Å². The minimum absolute atomic E-state index is 0.0608. The molecule has 0 unspecified atom stereocenters. The molecule has 5 rings (SSSR count). The number of carbonyl (C=O) groups is 1. The zero-order valence-electron chi connectivity index (χ0n) is 22.4. The van der Waals surface area contributed by atoms with E-state index in [2.05, 4.69) is 23.8 Å². The van der Waals surface area contributed by atoms with E-state index < -0.39 is 41.7 Å². The molecule has 0 fully saturated rings. The summed E-state index contributed by atoms with van der Waals surface area (Å²) in [6.07, 6.45) is -9.45. The van der Waals surface area contributed by atoms with Crippen LogP contribution in [0.5, 0.6) is 0 Å². The van der Waals surface area contributed by atoms with E-state index in [0.717, 1.165) is 4.90 Å². The van der Waals surface area contributed by atoms with Crippen LogP contribution in [0.1, 0.15) is 34.0 Å². The Morgan fingerprint density at radius 1 is 0.977 bits per heavy atom. The summed E-state index contributed by atoms with van der Waals surface area (Å²) in [7, 11) is 0. The fourth-order valence-corrected chi connectivity index (χ4v) is 4.83. The summed E-state index contributed by atoms with van der Waals surface area (Å²) in [5, 5.41) is 5.97. The van der Waals surface area contributed by atoms with Gasteiger partial charge in [-0.2, -0.15) is 26.3 Å². The third kappa shape index (κ3) is 6.87. The number of hydrogen-bond donors (Lipinski definition) is 2. The van der Waals surface area contributed by atoms with Gasteiger partial charge in [0, 0.05) is 46.2 Å². The van der Waals surface area contributed by atoms with Crippen LogP contribution >= 0.6 is 11.6 Å². The highest BCUT2D eigenvalue weighted by atomic mass is 35.5. The smallest absolute Gasteiger partial charge is 0.381 e. The van der Waals surface area contributed by atoms with Gasteiger partial charge in [-0.1, -0.05) is 24.8 Å². The number of anilines is 3. The van der Waals surface area contributed by atoms with Crippen LogP contribution in [-0.4, -0.2) is 25.2 Å². The number of carbonyl (C=O) groups excluding carboxylic acids is 1. The molecule has 0 aliphatic carbocycles. The van der Waals surface area contributed by atoms with E-state index in [1.807, 2.05) is 0 Å². The third-order valence-electron chi connectivity index (χ3n) is 6.54. The van der Waals surface area contributed by atoms with E-state index in [-0.39, 0.29) is 35.6 Å². The molecule has 2 N–H and O–H groups in total. The molecular formula is C29H23ClF8N4O. The lowest BCUT2D eigenvalue weighted by atomic mass is 10.0. The Kier molecular flexibility index (Phi) is 8.68. The van der Waals surface area contributed by atoms with Crippen molar-refractivity contribution < 1.29 is 39.9 Å². The zero-order chi connectivity index (χ0) is 31.9. The first-order valence-electron chi connectivity index (χ1n) is 12.5. The summed E-state index contributed by atoms with van der Waals surface area (Å²) in [5.41, 5.74) is -0.0112. The van der Waals surface area contributed by atoms with Gasteiger partial charge in [-0.3, -0.25) is 4.79 Å². The maximum atomic E-state index is 13.8. The van der Waals surface area contributed by atoms with Crippen molar-refractivity contribution in [2.24, 2.45) is 0 Å². The summed E-state index contributed by atoms with van der Waals surface area (Å²) in [6, 6.07) is 8.38. The number of nitrogens with one attached hydrogen (secondary N) is 2. The summed E-state index contributed by atoms with van der Waals surface area (Å²) in [5.74, 6) is -2.49. The molecule has 1 amide bonds. The molecule has 3 aromatic rings. The average molecular weight is 631 g/mol. The van der Waals surface area contributed by atoms with Gasteiger partial charge < -0.3 is 20.4 Å². The fourth-order valence-electron chi connectivity index (χ4n) is 4.70. The minimum Gasteiger partial charge on any atom is -0.381 e. The van der Waals surface area contributed by atoms with E-state index in [1.54, 1.807) is 11.8 Å². The molecule has 2 heterocycles. The number of amides is 1. The molecule has 14 heteroatoms. The first-order valence-corrected chi connectivity index (χ1v) is 12.9. The Hall–Kier alpha value is -4.26. The SMILES string of the molecule is C=C1NCc2c(NC(=O)c3cc(F)cc(C(F)(F)F)c3)cc3c(c21)N(CC)C(=C)N3CC(F)(F)F.Fc1ccc(Cl)cc1. The Labute approximate surface area is 246 Å². The van der Waals surface area contributed by atoms with Gasteiger partial charge in [0.2, 0.25) is 0 Å². The molecule has 0 spiro atoms. The van der Waals surface area contributed by atoms with Crippen molar-refractivity contribution in [1.29, 1.82) is 0 Å². The van der Waals surface area contributed by atoms with Crippen LogP contribution in [0, 0.1) is 11.6 Å². The summed E-state index contributed by atoms with van der Waals surface area (Å²) < 4.78 is 105. The van der Waals surface area contributed by atoms with E-state index >= 15 is 0 Å². The van der Waals surface area contributed by atoms with Crippen molar-refractivity contribution in [3.8, 4) is 0 Å². The van der Waals surface area contributed by atoms with Crippen molar-refractivity contribution in [3.05, 3.63) is 106 Å². The van der Waals surface area contributed by atoms with Gasteiger partial charge in [0.15, 0.2) is 0 Å². The third-order valence-corrected chi connectivity index (χ3v) is 6.80. The summed E-state index contributed by atoms with van der Waals surface area (Å²) >= 11 is 5.44. The molecule has 0 saturated heterocycles. The number of benzene rings is 3. The lowest BCUT2D eigenvalue weighted by Gasteiger charge is -2.24.